The lowest BCUT2D eigenvalue weighted by molar-refractivity contribution is -0.119. The number of benzene rings is 3. The summed E-state index contributed by atoms with van der Waals surface area (Å²) in [5.41, 5.74) is 9.98. The number of nitrogens with one attached hydrogen (secondary N) is 1. The molecule has 3 aromatic carbocycles. The van der Waals surface area contributed by atoms with Crippen LogP contribution in [0.4, 0.5) is 14.5 Å². The van der Waals surface area contributed by atoms with E-state index in [2.05, 4.69) is 79.0 Å². The average molecular weight is 871 g/mol. The van der Waals surface area contributed by atoms with Crippen LogP contribution >= 0.6 is 0 Å². The van der Waals surface area contributed by atoms with Crippen LogP contribution in [0.1, 0.15) is 97.2 Å². The molecule has 0 aliphatic carbocycles. The van der Waals surface area contributed by atoms with Gasteiger partial charge in [-0.25, -0.2) is 18.7 Å². The number of likely N-dealkylation sites (N-methyl/N-ethyl adjacent to an activating group) is 2. The van der Waals surface area contributed by atoms with Gasteiger partial charge >= 0.3 is 0 Å². The Balaban J connectivity index is 0.000000156. The zero-order valence-electron chi connectivity index (χ0n) is 37.0. The summed E-state index contributed by atoms with van der Waals surface area (Å²) in [5.74, 6) is 1.41. The summed E-state index contributed by atoms with van der Waals surface area (Å²) in [4.78, 5) is 41.1. The van der Waals surface area contributed by atoms with Crippen molar-refractivity contribution in [1.82, 2.24) is 44.5 Å². The summed E-state index contributed by atoms with van der Waals surface area (Å²) in [6.07, 6.45) is 4.32. The van der Waals surface area contributed by atoms with Crippen molar-refractivity contribution in [3.63, 3.8) is 0 Å². The minimum atomic E-state index is -0.971. The zero-order chi connectivity index (χ0) is 44.6. The third-order valence-corrected chi connectivity index (χ3v) is 13.5. The standard InChI is InChI=1S/C27H27F2N5O2.C21H25N5O2/c1-15-26(16(2)36-31-15)17-4-7-23-22(12-17)30-27(34(23)19-10-11-32(3)14-19)24-8-9-25(35)33(24)18-5-6-20(28)21(29)13-18;1-12-20(13(2)28-24-12)14-4-6-18-17(10-14)23-21(16-5-7-19(27)22-16)26(18)15-8-9-25(3)11-15/h4-7,12-13,19,24H,8-11,14H2,1-3H3;4,6,10,15-16H,5,7-9,11H2,1-3H3,(H,22,27)/t19?,24-;15?,16-/m00/s1. The minimum Gasteiger partial charge on any atom is -0.361 e. The minimum absolute atomic E-state index is 0.00618. The largest absolute Gasteiger partial charge is 0.361 e. The molecule has 1 N–H and O–H groups in total. The molecule has 4 aromatic heterocycles. The van der Waals surface area contributed by atoms with Gasteiger partial charge in [0.15, 0.2) is 11.6 Å². The number of hydrogen-bond acceptors (Lipinski definition) is 10. The SMILES string of the molecule is Cc1noc(C)c1-c1ccc2c(c1)nc([C@@H]1CCC(=O)N1)n2C1CCN(C)C1.Cc1noc(C)c1-c1ccc2c(c1)nc([C@@H]1CCC(=O)N1c1ccc(F)c(F)c1)n2C1CCN(C)C1. The molecule has 7 aromatic rings. The molecule has 0 bridgehead atoms. The lowest BCUT2D eigenvalue weighted by atomic mass is 10.0. The van der Waals surface area contributed by atoms with Crippen molar-refractivity contribution in [2.45, 2.75) is 90.4 Å². The second kappa shape index (κ2) is 16.4. The summed E-state index contributed by atoms with van der Waals surface area (Å²) < 4.78 is 43.1. The van der Waals surface area contributed by atoms with Crippen molar-refractivity contribution in [3.8, 4) is 22.3 Å². The molecule has 4 fully saturated rings. The van der Waals surface area contributed by atoms with Gasteiger partial charge in [-0.1, -0.05) is 22.4 Å². The molecule has 0 radical (unpaired) electrons. The number of imidazole rings is 2. The van der Waals surface area contributed by atoms with Crippen LogP contribution < -0.4 is 10.2 Å². The molecule has 14 nitrogen and oxygen atoms in total. The molecule has 332 valence electrons. The molecule has 64 heavy (non-hydrogen) atoms. The average Bonchev–Trinajstić information content (AvgIpc) is 4.14. The number of nitrogens with zero attached hydrogens (tertiary/aromatic N) is 9. The maximum absolute atomic E-state index is 14.1. The van der Waals surface area contributed by atoms with Gasteiger partial charge in [-0.2, -0.15) is 0 Å². The molecule has 0 spiro atoms. The quantitative estimate of drug-likeness (QED) is 0.166. The zero-order valence-corrected chi connectivity index (χ0v) is 37.0. The van der Waals surface area contributed by atoms with Crippen molar-refractivity contribution in [2.75, 3.05) is 45.2 Å². The Morgan fingerprint density at radius 1 is 0.656 bits per heavy atom. The fourth-order valence-electron chi connectivity index (χ4n) is 10.5. The first-order valence-corrected chi connectivity index (χ1v) is 22.2. The maximum atomic E-state index is 14.1. The van der Waals surface area contributed by atoms with E-state index in [0.717, 1.165) is 136 Å². The lowest BCUT2D eigenvalue weighted by Gasteiger charge is -2.27. The van der Waals surface area contributed by atoms with Crippen molar-refractivity contribution >= 4 is 39.6 Å². The molecule has 8 heterocycles. The van der Waals surface area contributed by atoms with Crippen LogP contribution in [0.25, 0.3) is 44.3 Å². The summed E-state index contributed by atoms with van der Waals surface area (Å²) in [6, 6.07) is 16.4. The van der Waals surface area contributed by atoms with Crippen molar-refractivity contribution in [2.24, 2.45) is 0 Å². The van der Waals surface area contributed by atoms with E-state index >= 15 is 0 Å². The summed E-state index contributed by atoms with van der Waals surface area (Å²) in [7, 11) is 4.26. The summed E-state index contributed by atoms with van der Waals surface area (Å²) in [6.45, 7) is 11.6. The first-order valence-electron chi connectivity index (χ1n) is 22.2. The van der Waals surface area contributed by atoms with Gasteiger partial charge in [0.2, 0.25) is 11.8 Å². The van der Waals surface area contributed by atoms with Crippen LogP contribution in [0.15, 0.2) is 63.6 Å². The van der Waals surface area contributed by atoms with Crippen molar-refractivity contribution in [3.05, 3.63) is 101 Å². The fraction of sp³-hybridized carbons (Fsp3) is 0.417. The lowest BCUT2D eigenvalue weighted by Crippen LogP contribution is -2.30. The van der Waals surface area contributed by atoms with E-state index in [0.29, 0.717) is 31.0 Å². The highest BCUT2D eigenvalue weighted by Gasteiger charge is 2.39. The Kier molecular flexibility index (Phi) is 10.7. The molecule has 4 atom stereocenters. The molecule has 4 aliphatic rings. The fourth-order valence-corrected chi connectivity index (χ4v) is 10.5. The predicted octanol–water partition coefficient (Wildman–Crippen LogP) is 8.47. The number of aromatic nitrogens is 6. The predicted molar refractivity (Wildman–Crippen MR) is 238 cm³/mol. The van der Waals surface area contributed by atoms with E-state index in [1.807, 2.05) is 33.8 Å². The summed E-state index contributed by atoms with van der Waals surface area (Å²) >= 11 is 0. The second-order valence-corrected chi connectivity index (χ2v) is 18.0. The van der Waals surface area contributed by atoms with Gasteiger partial charge in [0.05, 0.1) is 45.5 Å². The molecule has 2 unspecified atom stereocenters. The second-order valence-electron chi connectivity index (χ2n) is 18.0. The number of halogens is 2. The molecule has 16 heteroatoms. The maximum Gasteiger partial charge on any atom is 0.227 e. The van der Waals surface area contributed by atoms with Gasteiger partial charge in [-0.15, -0.1) is 0 Å². The van der Waals surface area contributed by atoms with Crippen LogP contribution in [0, 0.1) is 39.3 Å². The number of rotatable bonds is 7. The van der Waals surface area contributed by atoms with Gasteiger partial charge in [0, 0.05) is 60.9 Å². The van der Waals surface area contributed by atoms with E-state index < -0.39 is 11.6 Å². The van der Waals surface area contributed by atoms with Gasteiger partial charge in [0.25, 0.3) is 0 Å². The van der Waals surface area contributed by atoms with Gasteiger partial charge in [-0.3, -0.25) is 9.59 Å². The number of likely N-dealkylation sites (tertiary alicyclic amines) is 2. The van der Waals surface area contributed by atoms with E-state index in [-0.39, 0.29) is 29.9 Å². The molecule has 11 rings (SSSR count). The van der Waals surface area contributed by atoms with Gasteiger partial charge < -0.3 is 38.2 Å². The first-order chi connectivity index (χ1) is 30.8. The van der Waals surface area contributed by atoms with Crippen LogP contribution in [0.3, 0.4) is 0 Å². The van der Waals surface area contributed by atoms with Crippen molar-refractivity contribution in [1.29, 1.82) is 0 Å². The molecular weight excluding hydrogens is 819 g/mol. The third kappa shape index (κ3) is 7.35. The number of carbonyl (C=O) groups excluding carboxylic acids is 2. The van der Waals surface area contributed by atoms with Crippen LogP contribution in [-0.4, -0.2) is 91.3 Å². The summed E-state index contributed by atoms with van der Waals surface area (Å²) in [5, 5.41) is 11.3. The molecular formula is C48H52F2N10O4. The molecule has 2 amide bonds. The highest BCUT2D eigenvalue weighted by Crippen LogP contribution is 2.42. The number of fused-ring (bicyclic) bond motifs is 2. The Morgan fingerprint density at radius 2 is 1.22 bits per heavy atom. The smallest absolute Gasteiger partial charge is 0.227 e. The number of anilines is 1. The Hall–Kier alpha value is -6.26. The Bertz CT molecular complexity index is 2910. The van der Waals surface area contributed by atoms with Crippen LogP contribution in [-0.2, 0) is 9.59 Å². The highest BCUT2D eigenvalue weighted by molar-refractivity contribution is 5.96. The highest BCUT2D eigenvalue weighted by atomic mass is 19.2. The van der Waals surface area contributed by atoms with Crippen molar-refractivity contribution < 1.29 is 27.4 Å². The number of carbonyl (C=O) groups is 2. The molecule has 4 saturated heterocycles. The van der Waals surface area contributed by atoms with Gasteiger partial charge in [-0.05, 0) is 128 Å². The Morgan fingerprint density at radius 3 is 1.70 bits per heavy atom. The van der Waals surface area contributed by atoms with Gasteiger partial charge in [0.1, 0.15) is 23.2 Å². The normalized spacial score (nSPS) is 21.8. The van der Waals surface area contributed by atoms with Crippen LogP contribution in [0.5, 0.6) is 0 Å². The molecule has 0 saturated carbocycles. The topological polar surface area (TPSA) is 144 Å². The molecule has 4 aliphatic heterocycles. The monoisotopic (exact) mass is 870 g/mol. The third-order valence-electron chi connectivity index (χ3n) is 13.5. The van der Waals surface area contributed by atoms with E-state index in [4.69, 9.17) is 19.0 Å². The van der Waals surface area contributed by atoms with E-state index in [1.165, 1.54) is 6.07 Å². The van der Waals surface area contributed by atoms with Crippen LogP contribution in [0.2, 0.25) is 0 Å². The van der Waals surface area contributed by atoms with E-state index in [1.54, 1.807) is 4.90 Å². The number of hydrogen-bond donors (Lipinski definition) is 1. The number of aryl methyl sites for hydroxylation is 4. The van der Waals surface area contributed by atoms with E-state index in [9.17, 15) is 18.4 Å². The first kappa shape index (κ1) is 41.7. The number of amides is 2. The Labute approximate surface area is 369 Å².